The Morgan fingerprint density at radius 1 is 1.70 bits per heavy atom. The van der Waals surface area contributed by atoms with E-state index in [4.69, 9.17) is 0 Å². The van der Waals surface area contributed by atoms with Crippen LogP contribution in [0.4, 0.5) is 5.82 Å². The molecule has 0 saturated heterocycles. The fourth-order valence-corrected chi connectivity index (χ4v) is 0.400. The summed E-state index contributed by atoms with van der Waals surface area (Å²) in [6.07, 6.45) is 2.15. The van der Waals surface area contributed by atoms with Crippen LogP contribution in [0.15, 0.2) is 12.3 Å². The Hall–Kier alpha value is -1.32. The third-order valence-corrected chi connectivity index (χ3v) is 0.715. The number of anilines is 1. The fourth-order valence-electron chi connectivity index (χ4n) is 0.400. The summed E-state index contributed by atoms with van der Waals surface area (Å²) in [5.74, 6) is 0.611. The summed E-state index contributed by atoms with van der Waals surface area (Å²) >= 11 is 0. The minimum absolute atomic E-state index is 0.591. The maximum absolute atomic E-state index is 9.71. The predicted molar refractivity (Wildman–Crippen MR) is 39.6 cm³/mol. The fraction of sp³-hybridized carbons (Fsp3) is 0.333. The highest BCUT2D eigenvalue weighted by Crippen LogP contribution is 1.93. The Morgan fingerprint density at radius 3 is 2.80 bits per heavy atom. The Balaban J connectivity index is 0.000000371. The van der Waals surface area contributed by atoms with E-state index in [0.29, 0.717) is 12.2 Å². The van der Waals surface area contributed by atoms with E-state index >= 15 is 0 Å². The molecule has 0 aromatic carbocycles. The second-order valence-electron chi connectivity index (χ2n) is 1.23. The summed E-state index contributed by atoms with van der Waals surface area (Å²) in [5.41, 5.74) is 0. The summed E-state index contributed by atoms with van der Waals surface area (Å²) in [4.78, 5) is 9.71. The predicted octanol–water partition coefficient (Wildman–Crippen LogP) is 1.00. The van der Waals surface area contributed by atoms with Crippen molar-refractivity contribution in [2.24, 2.45) is 0 Å². The molecule has 0 bridgehead atoms. The lowest BCUT2D eigenvalue weighted by molar-refractivity contribution is -0.105. The SMILES string of the molecule is CC.O=CNc1ccn[nH]1. The molecule has 1 heterocycles. The largest absolute Gasteiger partial charge is 0.314 e. The van der Waals surface area contributed by atoms with E-state index in [1.165, 1.54) is 0 Å². The summed E-state index contributed by atoms with van der Waals surface area (Å²) < 4.78 is 0. The standard InChI is InChI=1S/C4H5N3O.C2H6/c8-3-5-4-1-2-6-7-4;1-2/h1-3H,(H2,5,6,7,8);1-2H3. The van der Waals surface area contributed by atoms with E-state index in [0.717, 1.165) is 0 Å². The van der Waals surface area contributed by atoms with Crippen LogP contribution in [0.2, 0.25) is 0 Å². The number of rotatable bonds is 2. The van der Waals surface area contributed by atoms with Crippen molar-refractivity contribution in [1.82, 2.24) is 10.2 Å². The third kappa shape index (κ3) is 2.86. The van der Waals surface area contributed by atoms with Crippen LogP contribution in [0, 0.1) is 0 Å². The first kappa shape index (κ1) is 8.68. The lowest BCUT2D eigenvalue weighted by Gasteiger charge is -1.85. The molecule has 56 valence electrons. The first-order valence-electron chi connectivity index (χ1n) is 3.13. The Kier molecular flexibility index (Phi) is 5.04. The molecule has 1 rings (SSSR count). The number of nitrogens with one attached hydrogen (secondary N) is 2. The lowest BCUT2D eigenvalue weighted by atomic mass is 10.6. The second-order valence-corrected chi connectivity index (χ2v) is 1.23. The molecule has 0 saturated carbocycles. The van der Waals surface area contributed by atoms with Crippen molar-refractivity contribution < 1.29 is 4.79 Å². The van der Waals surface area contributed by atoms with Gasteiger partial charge in [-0.2, -0.15) is 5.10 Å². The number of carbonyl (C=O) groups excluding carboxylic acids is 1. The molecular formula is C6H11N3O. The molecule has 0 radical (unpaired) electrons. The van der Waals surface area contributed by atoms with Crippen molar-refractivity contribution >= 4 is 12.2 Å². The van der Waals surface area contributed by atoms with Gasteiger partial charge in [0.05, 0.1) is 6.20 Å². The molecule has 2 N–H and O–H groups in total. The van der Waals surface area contributed by atoms with Crippen molar-refractivity contribution in [3.63, 3.8) is 0 Å². The average molecular weight is 141 g/mol. The lowest BCUT2D eigenvalue weighted by Crippen LogP contribution is -1.92. The zero-order valence-corrected chi connectivity index (χ0v) is 6.09. The molecular weight excluding hydrogens is 130 g/mol. The van der Waals surface area contributed by atoms with E-state index in [-0.39, 0.29) is 0 Å². The first-order chi connectivity index (χ1) is 4.93. The first-order valence-corrected chi connectivity index (χ1v) is 3.13. The highest BCUT2D eigenvalue weighted by molar-refractivity contribution is 5.68. The van der Waals surface area contributed by atoms with Crippen LogP contribution in [-0.2, 0) is 4.79 Å². The van der Waals surface area contributed by atoms with E-state index in [9.17, 15) is 4.79 Å². The van der Waals surface area contributed by atoms with E-state index in [2.05, 4.69) is 15.5 Å². The second kappa shape index (κ2) is 5.81. The molecule has 0 aliphatic heterocycles. The van der Waals surface area contributed by atoms with Crippen molar-refractivity contribution in [2.45, 2.75) is 13.8 Å². The van der Waals surface area contributed by atoms with Gasteiger partial charge in [-0.3, -0.25) is 9.89 Å². The number of amides is 1. The number of H-pyrrole nitrogens is 1. The molecule has 4 heteroatoms. The van der Waals surface area contributed by atoms with Crippen LogP contribution < -0.4 is 5.32 Å². The van der Waals surface area contributed by atoms with Crippen molar-refractivity contribution in [1.29, 1.82) is 0 Å². The van der Waals surface area contributed by atoms with Gasteiger partial charge >= 0.3 is 0 Å². The van der Waals surface area contributed by atoms with Gasteiger partial charge in [0.2, 0.25) is 6.41 Å². The van der Waals surface area contributed by atoms with Gasteiger partial charge in [0.15, 0.2) is 0 Å². The van der Waals surface area contributed by atoms with Crippen LogP contribution in [0.1, 0.15) is 13.8 Å². The van der Waals surface area contributed by atoms with Crippen molar-refractivity contribution in [3.8, 4) is 0 Å². The van der Waals surface area contributed by atoms with Crippen LogP contribution in [0.25, 0.3) is 0 Å². The molecule has 0 unspecified atom stereocenters. The van der Waals surface area contributed by atoms with Gasteiger partial charge in [0.25, 0.3) is 0 Å². The minimum Gasteiger partial charge on any atom is -0.314 e. The smallest absolute Gasteiger partial charge is 0.212 e. The highest BCUT2D eigenvalue weighted by atomic mass is 16.1. The van der Waals surface area contributed by atoms with Gasteiger partial charge in [-0.25, -0.2) is 0 Å². The zero-order valence-electron chi connectivity index (χ0n) is 6.09. The molecule has 10 heavy (non-hydrogen) atoms. The Morgan fingerprint density at radius 2 is 2.40 bits per heavy atom. The van der Waals surface area contributed by atoms with Gasteiger partial charge in [0.1, 0.15) is 5.82 Å². The van der Waals surface area contributed by atoms with E-state index in [1.807, 2.05) is 13.8 Å². The third-order valence-electron chi connectivity index (χ3n) is 0.715. The molecule has 1 amide bonds. The maximum Gasteiger partial charge on any atom is 0.212 e. The van der Waals surface area contributed by atoms with Crippen LogP contribution >= 0.6 is 0 Å². The monoisotopic (exact) mass is 141 g/mol. The minimum atomic E-state index is 0.591. The topological polar surface area (TPSA) is 57.8 Å². The molecule has 4 nitrogen and oxygen atoms in total. The molecule has 0 fully saturated rings. The van der Waals surface area contributed by atoms with Crippen LogP contribution in [0.3, 0.4) is 0 Å². The van der Waals surface area contributed by atoms with Crippen molar-refractivity contribution in [2.75, 3.05) is 5.32 Å². The van der Waals surface area contributed by atoms with Crippen LogP contribution in [0.5, 0.6) is 0 Å². The molecule has 0 aliphatic carbocycles. The normalized spacial score (nSPS) is 7.40. The maximum atomic E-state index is 9.71. The molecule has 1 aromatic heterocycles. The number of hydrogen-bond donors (Lipinski definition) is 2. The van der Waals surface area contributed by atoms with Gasteiger partial charge in [-0.05, 0) is 0 Å². The summed E-state index contributed by atoms with van der Waals surface area (Å²) in [5, 5.41) is 8.53. The molecule has 0 aliphatic rings. The number of aromatic nitrogens is 2. The zero-order chi connectivity index (χ0) is 7.82. The molecule has 1 aromatic rings. The number of carbonyl (C=O) groups is 1. The van der Waals surface area contributed by atoms with E-state index < -0.39 is 0 Å². The Labute approximate surface area is 59.6 Å². The summed E-state index contributed by atoms with van der Waals surface area (Å²) in [6, 6.07) is 1.66. The summed E-state index contributed by atoms with van der Waals surface area (Å²) in [6.45, 7) is 4.00. The van der Waals surface area contributed by atoms with Gasteiger partial charge in [-0.1, -0.05) is 13.8 Å². The molecule has 0 atom stereocenters. The van der Waals surface area contributed by atoms with Gasteiger partial charge in [0, 0.05) is 6.07 Å². The Bertz CT molecular complexity index is 160. The van der Waals surface area contributed by atoms with Crippen LogP contribution in [-0.4, -0.2) is 16.6 Å². The number of aromatic amines is 1. The number of nitrogens with zero attached hydrogens (tertiary/aromatic N) is 1. The summed E-state index contributed by atoms with van der Waals surface area (Å²) in [7, 11) is 0. The van der Waals surface area contributed by atoms with Crippen molar-refractivity contribution in [3.05, 3.63) is 12.3 Å². The quantitative estimate of drug-likeness (QED) is 0.604. The number of hydrogen-bond acceptors (Lipinski definition) is 2. The van der Waals surface area contributed by atoms with Gasteiger partial charge in [-0.15, -0.1) is 0 Å². The van der Waals surface area contributed by atoms with Gasteiger partial charge < -0.3 is 5.32 Å². The molecule has 0 spiro atoms. The van der Waals surface area contributed by atoms with E-state index in [1.54, 1.807) is 12.3 Å². The average Bonchev–Trinajstić information content (AvgIpc) is 2.46. The highest BCUT2D eigenvalue weighted by Gasteiger charge is 1.84.